The number of hydrogen-bond donors (Lipinski definition) is 0. The number of nitrogens with zero attached hydrogens (tertiary/aromatic N) is 1. The molecule has 2 aromatic carbocycles. The van der Waals surface area contributed by atoms with Gasteiger partial charge in [-0.2, -0.15) is 0 Å². The van der Waals surface area contributed by atoms with Gasteiger partial charge in [-0.05, 0) is 18.6 Å². The first-order chi connectivity index (χ1) is 9.63. The van der Waals surface area contributed by atoms with E-state index < -0.39 is 5.60 Å². The van der Waals surface area contributed by atoms with Gasteiger partial charge in [-0.1, -0.05) is 48.5 Å². The lowest BCUT2D eigenvalue weighted by atomic mass is 9.87. The van der Waals surface area contributed by atoms with Gasteiger partial charge < -0.3 is 9.64 Å². The van der Waals surface area contributed by atoms with Crippen LogP contribution >= 0.6 is 0 Å². The van der Waals surface area contributed by atoms with Crippen LogP contribution in [-0.4, -0.2) is 19.6 Å². The molecule has 3 nitrogen and oxygen atoms in total. The SMILES string of the molecule is CN1C(=O)COC(C)(c2ccccc2)c2ccccc21. The molecule has 0 bridgehead atoms. The Morgan fingerprint density at radius 1 is 1.05 bits per heavy atom. The molecule has 1 heterocycles. The molecule has 0 spiro atoms. The second kappa shape index (κ2) is 4.76. The van der Waals surface area contributed by atoms with Crippen molar-refractivity contribution in [2.24, 2.45) is 0 Å². The number of carbonyl (C=O) groups excluding carboxylic acids is 1. The second-order valence-electron chi connectivity index (χ2n) is 5.16. The fourth-order valence-corrected chi connectivity index (χ4v) is 2.68. The summed E-state index contributed by atoms with van der Waals surface area (Å²) in [5.41, 5.74) is 2.36. The molecule has 0 N–H and O–H groups in total. The third kappa shape index (κ3) is 1.91. The van der Waals surface area contributed by atoms with Crippen molar-refractivity contribution in [3.63, 3.8) is 0 Å². The van der Waals surface area contributed by atoms with Gasteiger partial charge >= 0.3 is 0 Å². The molecule has 0 saturated carbocycles. The van der Waals surface area contributed by atoms with Gasteiger partial charge in [0.1, 0.15) is 12.2 Å². The Hall–Kier alpha value is -2.13. The molecule has 3 rings (SSSR count). The van der Waals surface area contributed by atoms with Crippen LogP contribution < -0.4 is 4.90 Å². The van der Waals surface area contributed by atoms with E-state index >= 15 is 0 Å². The van der Waals surface area contributed by atoms with Crippen molar-refractivity contribution in [3.05, 3.63) is 65.7 Å². The summed E-state index contributed by atoms with van der Waals surface area (Å²) in [6.45, 7) is 2.10. The van der Waals surface area contributed by atoms with Crippen molar-refractivity contribution in [1.29, 1.82) is 0 Å². The Kier molecular flexibility index (Phi) is 3.07. The molecular weight excluding hydrogens is 250 g/mol. The maximum absolute atomic E-state index is 12.1. The minimum atomic E-state index is -0.613. The number of fused-ring (bicyclic) bond motifs is 1. The number of benzene rings is 2. The maximum Gasteiger partial charge on any atom is 0.252 e. The number of ether oxygens (including phenoxy) is 1. The summed E-state index contributed by atoms with van der Waals surface area (Å²) in [5.74, 6) is -0.0305. The van der Waals surface area contributed by atoms with Gasteiger partial charge in [0.25, 0.3) is 5.91 Å². The number of amides is 1. The predicted molar refractivity (Wildman–Crippen MR) is 78.7 cm³/mol. The molecule has 0 radical (unpaired) electrons. The normalized spacial score (nSPS) is 22.3. The van der Waals surface area contributed by atoms with E-state index in [4.69, 9.17) is 4.74 Å². The smallest absolute Gasteiger partial charge is 0.252 e. The fourth-order valence-electron chi connectivity index (χ4n) is 2.68. The number of para-hydroxylation sites is 1. The van der Waals surface area contributed by atoms with E-state index in [0.29, 0.717) is 0 Å². The molecule has 2 aromatic rings. The molecule has 1 aliphatic heterocycles. The van der Waals surface area contributed by atoms with Crippen LogP contribution in [0.3, 0.4) is 0 Å². The lowest BCUT2D eigenvalue weighted by molar-refractivity contribution is -0.126. The van der Waals surface area contributed by atoms with E-state index in [2.05, 4.69) is 0 Å². The lowest BCUT2D eigenvalue weighted by Gasteiger charge is -2.30. The minimum Gasteiger partial charge on any atom is -0.356 e. The largest absolute Gasteiger partial charge is 0.356 e. The molecule has 3 heteroatoms. The predicted octanol–water partition coefficient (Wildman–Crippen LogP) is 2.94. The van der Waals surface area contributed by atoms with Crippen LogP contribution in [0.4, 0.5) is 5.69 Å². The monoisotopic (exact) mass is 267 g/mol. The Morgan fingerprint density at radius 2 is 1.70 bits per heavy atom. The van der Waals surface area contributed by atoms with Crippen molar-refractivity contribution >= 4 is 11.6 Å². The Labute approximate surface area is 118 Å². The topological polar surface area (TPSA) is 29.5 Å². The van der Waals surface area contributed by atoms with Crippen LogP contribution in [0.1, 0.15) is 18.1 Å². The Morgan fingerprint density at radius 3 is 2.45 bits per heavy atom. The number of anilines is 1. The summed E-state index contributed by atoms with van der Waals surface area (Å²) in [5, 5.41) is 0. The van der Waals surface area contributed by atoms with E-state index in [0.717, 1.165) is 16.8 Å². The molecule has 0 fully saturated rings. The number of likely N-dealkylation sites (N-methyl/N-ethyl adjacent to an activating group) is 1. The highest BCUT2D eigenvalue weighted by Gasteiger charge is 2.37. The van der Waals surface area contributed by atoms with Gasteiger partial charge in [0.15, 0.2) is 0 Å². The standard InChI is InChI=1S/C17H17NO2/c1-17(13-8-4-3-5-9-13)14-10-6-7-11-15(14)18(2)16(19)12-20-17/h3-11H,12H2,1-2H3. The summed E-state index contributed by atoms with van der Waals surface area (Å²) in [6, 6.07) is 17.9. The van der Waals surface area contributed by atoms with Crippen molar-refractivity contribution < 1.29 is 9.53 Å². The summed E-state index contributed by atoms with van der Waals surface area (Å²) in [7, 11) is 1.79. The van der Waals surface area contributed by atoms with Gasteiger partial charge in [-0.15, -0.1) is 0 Å². The summed E-state index contributed by atoms with van der Waals surface area (Å²) in [6.07, 6.45) is 0. The highest BCUT2D eigenvalue weighted by molar-refractivity contribution is 5.95. The van der Waals surface area contributed by atoms with Crippen LogP contribution in [-0.2, 0) is 15.1 Å². The van der Waals surface area contributed by atoms with Gasteiger partial charge in [0.2, 0.25) is 0 Å². The first-order valence-electron chi connectivity index (χ1n) is 6.68. The van der Waals surface area contributed by atoms with E-state index in [-0.39, 0.29) is 12.5 Å². The maximum atomic E-state index is 12.1. The molecule has 1 atom stereocenters. The van der Waals surface area contributed by atoms with E-state index in [1.165, 1.54) is 0 Å². The molecular formula is C17H17NO2. The second-order valence-corrected chi connectivity index (χ2v) is 5.16. The summed E-state index contributed by atoms with van der Waals surface area (Å²) >= 11 is 0. The Bertz CT molecular complexity index is 638. The molecule has 20 heavy (non-hydrogen) atoms. The van der Waals surface area contributed by atoms with Crippen LogP contribution in [0.2, 0.25) is 0 Å². The van der Waals surface area contributed by atoms with Crippen LogP contribution in [0.25, 0.3) is 0 Å². The first kappa shape index (κ1) is 12.9. The molecule has 1 unspecified atom stereocenters. The number of carbonyl (C=O) groups is 1. The third-order valence-electron chi connectivity index (χ3n) is 3.96. The van der Waals surface area contributed by atoms with Crippen molar-refractivity contribution in [2.45, 2.75) is 12.5 Å². The van der Waals surface area contributed by atoms with Gasteiger partial charge in [-0.3, -0.25) is 4.79 Å². The van der Waals surface area contributed by atoms with Gasteiger partial charge in [-0.25, -0.2) is 0 Å². The number of hydrogen-bond acceptors (Lipinski definition) is 2. The Balaban J connectivity index is 2.22. The van der Waals surface area contributed by atoms with E-state index in [9.17, 15) is 4.79 Å². The van der Waals surface area contributed by atoms with E-state index in [1.807, 2.05) is 61.5 Å². The molecule has 1 amide bonds. The zero-order chi connectivity index (χ0) is 14.2. The lowest BCUT2D eigenvalue weighted by Crippen LogP contribution is -2.29. The summed E-state index contributed by atoms with van der Waals surface area (Å²) in [4.78, 5) is 13.8. The fraction of sp³-hybridized carbons (Fsp3) is 0.235. The average molecular weight is 267 g/mol. The molecule has 102 valence electrons. The number of rotatable bonds is 1. The highest BCUT2D eigenvalue weighted by atomic mass is 16.5. The molecule has 0 aliphatic carbocycles. The zero-order valence-electron chi connectivity index (χ0n) is 11.7. The van der Waals surface area contributed by atoms with Gasteiger partial charge in [0, 0.05) is 18.3 Å². The van der Waals surface area contributed by atoms with Crippen molar-refractivity contribution in [2.75, 3.05) is 18.6 Å². The molecule has 0 aromatic heterocycles. The molecule has 1 aliphatic rings. The van der Waals surface area contributed by atoms with Gasteiger partial charge in [0.05, 0.1) is 0 Å². The zero-order valence-corrected chi connectivity index (χ0v) is 11.7. The van der Waals surface area contributed by atoms with Crippen LogP contribution in [0, 0.1) is 0 Å². The quantitative estimate of drug-likeness (QED) is 0.795. The van der Waals surface area contributed by atoms with Crippen molar-refractivity contribution in [1.82, 2.24) is 0 Å². The average Bonchev–Trinajstić information content (AvgIpc) is 2.61. The molecule has 0 saturated heterocycles. The minimum absolute atomic E-state index is 0.0305. The third-order valence-corrected chi connectivity index (χ3v) is 3.96. The summed E-state index contributed by atoms with van der Waals surface area (Å²) < 4.78 is 5.99. The van der Waals surface area contributed by atoms with E-state index in [1.54, 1.807) is 11.9 Å². The van der Waals surface area contributed by atoms with Crippen LogP contribution in [0.5, 0.6) is 0 Å². The van der Waals surface area contributed by atoms with Crippen molar-refractivity contribution in [3.8, 4) is 0 Å². The highest BCUT2D eigenvalue weighted by Crippen LogP contribution is 2.40. The first-order valence-corrected chi connectivity index (χ1v) is 6.68. The van der Waals surface area contributed by atoms with Crippen LogP contribution in [0.15, 0.2) is 54.6 Å².